The van der Waals surface area contributed by atoms with E-state index >= 15 is 0 Å². The van der Waals surface area contributed by atoms with E-state index in [-0.39, 0.29) is 11.9 Å². The van der Waals surface area contributed by atoms with E-state index in [0.717, 1.165) is 56.9 Å². The van der Waals surface area contributed by atoms with Crippen LogP contribution in [0.4, 0.5) is 5.69 Å². The highest BCUT2D eigenvalue weighted by atomic mass is 16.5. The fourth-order valence-electron chi connectivity index (χ4n) is 2.77. The van der Waals surface area contributed by atoms with Gasteiger partial charge in [0.15, 0.2) is 0 Å². The molecule has 23 heavy (non-hydrogen) atoms. The molecule has 1 saturated heterocycles. The molecule has 1 fully saturated rings. The van der Waals surface area contributed by atoms with E-state index in [1.165, 1.54) is 0 Å². The van der Waals surface area contributed by atoms with Crippen molar-refractivity contribution in [2.24, 2.45) is 0 Å². The lowest BCUT2D eigenvalue weighted by Crippen LogP contribution is -2.43. The van der Waals surface area contributed by atoms with Gasteiger partial charge in [0.2, 0.25) is 5.91 Å². The van der Waals surface area contributed by atoms with Gasteiger partial charge in [-0.05, 0) is 56.7 Å². The molecule has 5 nitrogen and oxygen atoms in total. The van der Waals surface area contributed by atoms with Crippen LogP contribution < -0.4 is 15.4 Å². The maximum absolute atomic E-state index is 12.2. The lowest BCUT2D eigenvalue weighted by molar-refractivity contribution is -0.118. The first-order valence-electron chi connectivity index (χ1n) is 8.72. The van der Waals surface area contributed by atoms with E-state index in [9.17, 15) is 4.79 Å². The second kappa shape index (κ2) is 9.53. The molecule has 1 unspecified atom stereocenters. The highest BCUT2D eigenvalue weighted by Crippen LogP contribution is 2.17. The Morgan fingerprint density at radius 2 is 2.00 bits per heavy atom. The van der Waals surface area contributed by atoms with E-state index in [1.807, 2.05) is 24.3 Å². The van der Waals surface area contributed by atoms with Crippen LogP contribution in [0.2, 0.25) is 0 Å². The Morgan fingerprint density at radius 1 is 1.26 bits per heavy atom. The highest BCUT2D eigenvalue weighted by molar-refractivity contribution is 5.94. The average Bonchev–Trinajstić information content (AvgIpc) is 2.61. The lowest BCUT2D eigenvalue weighted by atomic mass is 10.0. The summed E-state index contributed by atoms with van der Waals surface area (Å²) < 4.78 is 5.75. The summed E-state index contributed by atoms with van der Waals surface area (Å²) in [6, 6.07) is 7.55. The number of anilines is 1. The van der Waals surface area contributed by atoms with Gasteiger partial charge < -0.3 is 20.3 Å². The number of likely N-dealkylation sites (N-methyl/N-ethyl adjacent to an activating group) is 1. The number of nitrogens with zero attached hydrogens (tertiary/aromatic N) is 1. The predicted molar refractivity (Wildman–Crippen MR) is 94.0 cm³/mol. The number of rotatable bonds is 8. The van der Waals surface area contributed by atoms with Gasteiger partial charge in [-0.1, -0.05) is 20.3 Å². The fraction of sp³-hybridized carbons (Fsp3) is 0.611. The standard InChI is InChI=1S/C18H29N3O2/c1-3-21(4-2)13-14-23-16-10-8-15(9-11-16)20-18(22)17-7-5-6-12-19-17/h8-11,17,19H,3-7,12-14H2,1-2H3,(H,20,22). The monoisotopic (exact) mass is 319 g/mol. The Hall–Kier alpha value is -1.59. The molecule has 0 aromatic heterocycles. The minimum absolute atomic E-state index is 0.0555. The first kappa shape index (κ1) is 17.8. The van der Waals surface area contributed by atoms with Gasteiger partial charge in [0.25, 0.3) is 0 Å². The Kier molecular flexibility index (Phi) is 7.36. The molecule has 0 radical (unpaired) electrons. The molecule has 0 bridgehead atoms. The van der Waals surface area contributed by atoms with Crippen LogP contribution in [0.1, 0.15) is 33.1 Å². The second-order valence-electron chi connectivity index (χ2n) is 5.89. The van der Waals surface area contributed by atoms with Crippen LogP contribution in [0, 0.1) is 0 Å². The van der Waals surface area contributed by atoms with E-state index in [2.05, 4.69) is 29.4 Å². The molecule has 2 rings (SSSR count). The first-order chi connectivity index (χ1) is 11.2. The lowest BCUT2D eigenvalue weighted by Gasteiger charge is -2.22. The largest absolute Gasteiger partial charge is 0.492 e. The summed E-state index contributed by atoms with van der Waals surface area (Å²) in [5, 5.41) is 6.22. The predicted octanol–water partition coefficient (Wildman–Crippen LogP) is 2.49. The van der Waals surface area contributed by atoms with Gasteiger partial charge >= 0.3 is 0 Å². The Bertz CT molecular complexity index is 466. The summed E-state index contributed by atoms with van der Waals surface area (Å²) in [5.41, 5.74) is 0.818. The van der Waals surface area contributed by atoms with Gasteiger partial charge in [-0.15, -0.1) is 0 Å². The van der Waals surface area contributed by atoms with Crippen molar-refractivity contribution in [2.75, 3.05) is 38.1 Å². The zero-order chi connectivity index (χ0) is 16.5. The summed E-state index contributed by atoms with van der Waals surface area (Å²) in [5.74, 6) is 0.894. The molecule has 1 amide bonds. The summed E-state index contributed by atoms with van der Waals surface area (Å²) in [4.78, 5) is 14.5. The Labute approximate surface area is 139 Å². The van der Waals surface area contributed by atoms with Gasteiger partial charge in [-0.3, -0.25) is 4.79 Å². The molecule has 0 spiro atoms. The number of nitrogens with one attached hydrogen (secondary N) is 2. The molecule has 1 aliphatic rings. The summed E-state index contributed by atoms with van der Waals surface area (Å²) in [6.45, 7) is 8.93. The normalized spacial score (nSPS) is 18.0. The van der Waals surface area contributed by atoms with Crippen molar-refractivity contribution < 1.29 is 9.53 Å². The molecule has 1 heterocycles. The van der Waals surface area contributed by atoms with E-state index < -0.39 is 0 Å². The number of hydrogen-bond donors (Lipinski definition) is 2. The molecular weight excluding hydrogens is 290 g/mol. The Balaban J connectivity index is 1.76. The van der Waals surface area contributed by atoms with Crippen molar-refractivity contribution in [3.05, 3.63) is 24.3 Å². The SMILES string of the molecule is CCN(CC)CCOc1ccc(NC(=O)C2CCCCN2)cc1. The van der Waals surface area contributed by atoms with Crippen LogP contribution in [-0.2, 0) is 4.79 Å². The van der Waals surface area contributed by atoms with Crippen LogP contribution in [0.5, 0.6) is 5.75 Å². The molecule has 1 aliphatic heterocycles. The van der Waals surface area contributed by atoms with Crippen molar-refractivity contribution in [1.82, 2.24) is 10.2 Å². The summed E-state index contributed by atoms with van der Waals surface area (Å²) >= 11 is 0. The maximum Gasteiger partial charge on any atom is 0.241 e. The molecule has 128 valence electrons. The third-order valence-corrected chi connectivity index (χ3v) is 4.32. The fourth-order valence-corrected chi connectivity index (χ4v) is 2.77. The number of ether oxygens (including phenoxy) is 1. The smallest absolute Gasteiger partial charge is 0.241 e. The molecule has 5 heteroatoms. The number of piperidine rings is 1. The molecule has 0 aliphatic carbocycles. The van der Waals surface area contributed by atoms with E-state index in [0.29, 0.717) is 6.61 Å². The minimum atomic E-state index is -0.0613. The van der Waals surface area contributed by atoms with Gasteiger partial charge in [0.1, 0.15) is 12.4 Å². The first-order valence-corrected chi connectivity index (χ1v) is 8.72. The molecule has 2 N–H and O–H groups in total. The molecule has 0 saturated carbocycles. The van der Waals surface area contributed by atoms with E-state index in [1.54, 1.807) is 0 Å². The van der Waals surface area contributed by atoms with Crippen molar-refractivity contribution in [3.63, 3.8) is 0 Å². The second-order valence-corrected chi connectivity index (χ2v) is 5.89. The highest BCUT2D eigenvalue weighted by Gasteiger charge is 2.20. The van der Waals surface area contributed by atoms with E-state index in [4.69, 9.17) is 4.74 Å². The van der Waals surface area contributed by atoms with Crippen LogP contribution in [-0.4, -0.2) is 49.6 Å². The summed E-state index contributed by atoms with van der Waals surface area (Å²) in [7, 11) is 0. The van der Waals surface area contributed by atoms with Gasteiger partial charge in [0, 0.05) is 12.2 Å². The van der Waals surface area contributed by atoms with Gasteiger partial charge in [-0.25, -0.2) is 0 Å². The van der Waals surface area contributed by atoms with Crippen LogP contribution in [0.25, 0.3) is 0 Å². The van der Waals surface area contributed by atoms with Crippen LogP contribution in [0.15, 0.2) is 24.3 Å². The topological polar surface area (TPSA) is 53.6 Å². The Morgan fingerprint density at radius 3 is 2.61 bits per heavy atom. The van der Waals surface area contributed by atoms with Crippen LogP contribution >= 0.6 is 0 Å². The third kappa shape index (κ3) is 5.84. The van der Waals surface area contributed by atoms with Crippen molar-refractivity contribution >= 4 is 11.6 Å². The molecular formula is C18H29N3O2. The number of amides is 1. The van der Waals surface area contributed by atoms with Gasteiger partial charge in [0.05, 0.1) is 6.04 Å². The molecule has 1 atom stereocenters. The summed E-state index contributed by atoms with van der Waals surface area (Å²) in [6.07, 6.45) is 3.19. The van der Waals surface area contributed by atoms with Crippen molar-refractivity contribution in [1.29, 1.82) is 0 Å². The number of benzene rings is 1. The minimum Gasteiger partial charge on any atom is -0.492 e. The number of carbonyl (C=O) groups is 1. The quantitative estimate of drug-likeness (QED) is 0.773. The third-order valence-electron chi connectivity index (χ3n) is 4.32. The number of hydrogen-bond acceptors (Lipinski definition) is 4. The zero-order valence-corrected chi connectivity index (χ0v) is 14.3. The maximum atomic E-state index is 12.2. The van der Waals surface area contributed by atoms with Gasteiger partial charge in [-0.2, -0.15) is 0 Å². The van der Waals surface area contributed by atoms with Crippen molar-refractivity contribution in [3.8, 4) is 5.75 Å². The molecule has 1 aromatic rings. The average molecular weight is 319 g/mol. The van der Waals surface area contributed by atoms with Crippen LogP contribution in [0.3, 0.4) is 0 Å². The zero-order valence-electron chi connectivity index (χ0n) is 14.3. The van der Waals surface area contributed by atoms with Crippen molar-refractivity contribution in [2.45, 2.75) is 39.2 Å². The molecule has 1 aromatic carbocycles. The number of carbonyl (C=O) groups excluding carboxylic acids is 1.